The normalized spacial score (nSPS) is 10.7. The van der Waals surface area contributed by atoms with Gasteiger partial charge in [0.15, 0.2) is 11.5 Å². The van der Waals surface area contributed by atoms with Gasteiger partial charge in [-0.15, -0.1) is 0 Å². The van der Waals surface area contributed by atoms with Crippen molar-refractivity contribution in [3.05, 3.63) is 86.5 Å². The van der Waals surface area contributed by atoms with Crippen molar-refractivity contribution in [1.29, 1.82) is 0 Å². The van der Waals surface area contributed by atoms with Gasteiger partial charge in [-0.1, -0.05) is 30.3 Å². The second-order valence-electron chi connectivity index (χ2n) is 7.20. The number of carbonyl (C=O) groups excluding carboxylic acids is 1. The van der Waals surface area contributed by atoms with Gasteiger partial charge in [0.2, 0.25) is 0 Å². The fourth-order valence-electron chi connectivity index (χ4n) is 3.04. The Morgan fingerprint density at radius 2 is 1.88 bits per heavy atom. The van der Waals surface area contributed by atoms with Gasteiger partial charge in [0, 0.05) is 5.69 Å². The molecule has 0 radical (unpaired) electrons. The van der Waals surface area contributed by atoms with Crippen molar-refractivity contribution in [2.75, 3.05) is 11.9 Å². The molecule has 176 valence electrons. The number of nitrogens with one attached hydrogen (secondary N) is 2. The van der Waals surface area contributed by atoms with Gasteiger partial charge in [-0.05, 0) is 83.5 Å². The molecule has 0 aliphatic heterocycles. The summed E-state index contributed by atoms with van der Waals surface area (Å²) in [6.07, 6.45) is 1.52. The number of halogens is 1. The number of carbonyl (C=O) groups is 2. The minimum Gasteiger partial charge on any atom is -0.490 e. The van der Waals surface area contributed by atoms with Crippen LogP contribution in [0.3, 0.4) is 0 Å². The van der Waals surface area contributed by atoms with Crippen LogP contribution in [0.15, 0.2) is 65.8 Å². The molecule has 0 atom stereocenters. The van der Waals surface area contributed by atoms with Gasteiger partial charge >= 0.3 is 12.0 Å². The van der Waals surface area contributed by atoms with Crippen LogP contribution in [0.1, 0.15) is 34.0 Å². The predicted octanol–water partition coefficient (Wildman–Crippen LogP) is 5.43. The molecule has 0 saturated heterocycles. The van der Waals surface area contributed by atoms with Gasteiger partial charge in [0.05, 0.1) is 22.0 Å². The molecule has 0 spiro atoms. The van der Waals surface area contributed by atoms with E-state index in [1.54, 1.807) is 24.3 Å². The van der Waals surface area contributed by atoms with E-state index in [2.05, 4.69) is 38.4 Å². The monoisotopic (exact) mass is 573 g/mol. The van der Waals surface area contributed by atoms with Gasteiger partial charge in [-0.3, -0.25) is 0 Å². The van der Waals surface area contributed by atoms with Crippen LogP contribution >= 0.6 is 22.6 Å². The maximum absolute atomic E-state index is 12.1. The molecular weight excluding hydrogens is 549 g/mol. The van der Waals surface area contributed by atoms with Crippen LogP contribution < -0.4 is 20.2 Å². The summed E-state index contributed by atoms with van der Waals surface area (Å²) in [4.78, 5) is 23.3. The first-order valence-electron chi connectivity index (χ1n) is 10.4. The van der Waals surface area contributed by atoms with Crippen LogP contribution in [0, 0.1) is 10.5 Å². The van der Waals surface area contributed by atoms with Crippen molar-refractivity contribution in [1.82, 2.24) is 5.43 Å². The fraction of sp³-hybridized carbons (Fsp3) is 0.160. The summed E-state index contributed by atoms with van der Waals surface area (Å²) in [5.41, 5.74) is 5.75. The number of amides is 2. The highest BCUT2D eigenvalue weighted by Gasteiger charge is 2.13. The summed E-state index contributed by atoms with van der Waals surface area (Å²) >= 11 is 2.13. The number of hydrogen-bond donors (Lipinski definition) is 3. The number of rotatable bonds is 9. The van der Waals surface area contributed by atoms with Crippen LogP contribution in [0.2, 0.25) is 0 Å². The highest BCUT2D eigenvalue weighted by atomic mass is 127. The highest BCUT2D eigenvalue weighted by Crippen LogP contribution is 2.34. The van der Waals surface area contributed by atoms with Crippen molar-refractivity contribution in [2.45, 2.75) is 20.5 Å². The van der Waals surface area contributed by atoms with Crippen molar-refractivity contribution in [3.63, 3.8) is 0 Å². The number of para-hydroxylation sites is 1. The van der Waals surface area contributed by atoms with Crippen molar-refractivity contribution in [2.24, 2.45) is 5.10 Å². The lowest BCUT2D eigenvalue weighted by atomic mass is 10.1. The lowest BCUT2D eigenvalue weighted by Gasteiger charge is -2.15. The Balaban J connectivity index is 1.69. The summed E-state index contributed by atoms with van der Waals surface area (Å²) in [6, 6.07) is 17.2. The number of aromatic carboxylic acids is 1. The topological polar surface area (TPSA) is 109 Å². The largest absolute Gasteiger partial charge is 0.490 e. The minimum atomic E-state index is -0.990. The number of benzene rings is 3. The molecule has 3 N–H and O–H groups in total. The highest BCUT2D eigenvalue weighted by molar-refractivity contribution is 14.1. The second-order valence-corrected chi connectivity index (χ2v) is 8.36. The smallest absolute Gasteiger partial charge is 0.339 e. The quantitative estimate of drug-likeness (QED) is 0.180. The average molecular weight is 573 g/mol. The van der Waals surface area contributed by atoms with E-state index in [1.807, 2.05) is 44.2 Å². The lowest BCUT2D eigenvalue weighted by Crippen LogP contribution is -2.24. The number of urea groups is 1. The number of ether oxygens (including phenoxy) is 2. The third kappa shape index (κ3) is 6.95. The number of nitrogens with zero attached hydrogens (tertiary/aromatic N) is 1. The first-order valence-corrected chi connectivity index (χ1v) is 11.5. The van der Waals surface area contributed by atoms with Gasteiger partial charge in [0.1, 0.15) is 6.61 Å². The van der Waals surface area contributed by atoms with E-state index < -0.39 is 12.0 Å². The number of carboxylic acids is 1. The molecule has 0 unspecified atom stereocenters. The molecule has 9 heteroatoms. The van der Waals surface area contributed by atoms with Crippen molar-refractivity contribution >= 4 is 46.5 Å². The SMILES string of the molecule is CCOc1cc(C=NNC(=O)Nc2ccccc2C)cc(I)c1OCc1cccc(C(=O)O)c1. The summed E-state index contributed by atoms with van der Waals surface area (Å²) < 4.78 is 12.5. The van der Waals surface area contributed by atoms with E-state index in [0.29, 0.717) is 29.4 Å². The number of hydrazone groups is 1. The third-order valence-corrected chi connectivity index (χ3v) is 5.46. The van der Waals surface area contributed by atoms with Gasteiger partial charge < -0.3 is 19.9 Å². The van der Waals surface area contributed by atoms with Gasteiger partial charge in [-0.2, -0.15) is 5.10 Å². The molecule has 0 heterocycles. The van der Waals surface area contributed by atoms with E-state index in [1.165, 1.54) is 12.3 Å². The Kier molecular flexibility index (Phi) is 8.86. The summed E-state index contributed by atoms with van der Waals surface area (Å²) in [6.45, 7) is 4.39. The molecule has 0 aromatic heterocycles. The summed E-state index contributed by atoms with van der Waals surface area (Å²) in [7, 11) is 0. The molecule has 0 saturated carbocycles. The van der Waals surface area contributed by atoms with Gasteiger partial charge in [0.25, 0.3) is 0 Å². The lowest BCUT2D eigenvalue weighted by molar-refractivity contribution is 0.0696. The molecule has 3 aromatic rings. The maximum atomic E-state index is 12.1. The molecule has 34 heavy (non-hydrogen) atoms. The second kappa shape index (κ2) is 12.0. The molecule has 3 aromatic carbocycles. The Morgan fingerprint density at radius 1 is 1.09 bits per heavy atom. The molecule has 2 amide bonds. The summed E-state index contributed by atoms with van der Waals surface area (Å²) in [5, 5.41) is 15.9. The van der Waals surface area contributed by atoms with E-state index in [-0.39, 0.29) is 12.2 Å². The molecule has 3 rings (SSSR count). The van der Waals surface area contributed by atoms with Crippen LogP contribution in [0.5, 0.6) is 11.5 Å². The molecular formula is C25H24IN3O5. The third-order valence-electron chi connectivity index (χ3n) is 4.66. The zero-order chi connectivity index (χ0) is 24.5. The zero-order valence-corrected chi connectivity index (χ0v) is 20.8. The van der Waals surface area contributed by atoms with E-state index >= 15 is 0 Å². The first kappa shape index (κ1) is 25.0. The molecule has 0 aliphatic carbocycles. The molecule has 0 aliphatic rings. The van der Waals surface area contributed by atoms with Crippen LogP contribution in [-0.4, -0.2) is 29.9 Å². The molecule has 0 bridgehead atoms. The number of aryl methyl sites for hydroxylation is 1. The van der Waals surface area contributed by atoms with Crippen LogP contribution in [0.4, 0.5) is 10.5 Å². The average Bonchev–Trinajstić information content (AvgIpc) is 2.80. The van der Waals surface area contributed by atoms with E-state index in [0.717, 1.165) is 14.7 Å². The predicted molar refractivity (Wildman–Crippen MR) is 139 cm³/mol. The maximum Gasteiger partial charge on any atom is 0.339 e. The van der Waals surface area contributed by atoms with E-state index in [9.17, 15) is 9.59 Å². The Labute approximate surface area is 211 Å². The van der Waals surface area contributed by atoms with Gasteiger partial charge in [-0.25, -0.2) is 15.0 Å². The molecule has 8 nitrogen and oxygen atoms in total. The standard InChI is InChI=1S/C25H24IN3O5/c1-3-33-22-13-18(14-27-29-25(32)28-21-10-5-4-7-16(21)2)12-20(26)23(22)34-15-17-8-6-9-19(11-17)24(30)31/h4-14H,3,15H2,1-2H3,(H,30,31)(H2,28,29,32). The minimum absolute atomic E-state index is 0.186. The number of carboxylic acid groups (broad SMARTS) is 1. The fourth-order valence-corrected chi connectivity index (χ4v) is 3.83. The van der Waals surface area contributed by atoms with Crippen molar-refractivity contribution < 1.29 is 24.2 Å². The first-order chi connectivity index (χ1) is 16.4. The van der Waals surface area contributed by atoms with Crippen LogP contribution in [0.25, 0.3) is 0 Å². The Morgan fingerprint density at radius 3 is 2.62 bits per heavy atom. The van der Waals surface area contributed by atoms with Crippen molar-refractivity contribution in [3.8, 4) is 11.5 Å². The summed E-state index contributed by atoms with van der Waals surface area (Å²) in [5.74, 6) is 0.0801. The number of anilines is 1. The zero-order valence-electron chi connectivity index (χ0n) is 18.7. The Hall–Kier alpha value is -3.60. The van der Waals surface area contributed by atoms with E-state index in [4.69, 9.17) is 14.6 Å². The molecule has 0 fully saturated rings. The number of hydrogen-bond acceptors (Lipinski definition) is 5. The van der Waals surface area contributed by atoms with Crippen LogP contribution in [-0.2, 0) is 6.61 Å². The Bertz CT molecular complexity index is 1210.